The van der Waals surface area contributed by atoms with E-state index in [1.165, 1.54) is 13.1 Å². The molecule has 0 fully saturated rings. The Bertz CT molecular complexity index is 120. The van der Waals surface area contributed by atoms with E-state index in [0.717, 1.165) is 0 Å². The van der Waals surface area contributed by atoms with Crippen LogP contribution in [0.15, 0.2) is 24.4 Å². The van der Waals surface area contributed by atoms with Crippen LogP contribution in [0, 0.1) is 0 Å². The number of allylic oxidation sites excluding steroid dienone is 2. The first-order chi connectivity index (χ1) is 4.56. The molecule has 0 atom stereocenters. The lowest BCUT2D eigenvalue weighted by molar-refractivity contribution is -0.113. The predicted octanol–water partition coefficient (Wildman–Crippen LogP) is 1.63. The maximum Gasteiger partial charge on any atom is 0.154 e. The van der Waals surface area contributed by atoms with Gasteiger partial charge in [0, 0.05) is 0 Å². The van der Waals surface area contributed by atoms with E-state index in [2.05, 4.69) is 6.58 Å². The summed E-state index contributed by atoms with van der Waals surface area (Å²) in [7, 11) is 0. The first kappa shape index (κ1) is 11.7. The molecular formula is C8H15NO. The van der Waals surface area contributed by atoms with E-state index in [9.17, 15) is 4.79 Å². The monoisotopic (exact) mass is 141 g/mol. The highest BCUT2D eigenvalue weighted by molar-refractivity contribution is 5.91. The van der Waals surface area contributed by atoms with Crippen LogP contribution >= 0.6 is 0 Å². The molecule has 0 heterocycles. The molecule has 0 aromatic rings. The van der Waals surface area contributed by atoms with E-state index < -0.39 is 0 Å². The maximum absolute atomic E-state index is 10.0. The fourth-order valence-corrected chi connectivity index (χ4v) is 0. The molecule has 0 aliphatic carbocycles. The minimum absolute atomic E-state index is 0.0648. The van der Waals surface area contributed by atoms with Crippen molar-refractivity contribution in [3.05, 3.63) is 24.4 Å². The molecule has 58 valence electrons. The molecule has 0 bridgehead atoms. The van der Waals surface area contributed by atoms with Gasteiger partial charge in [0.1, 0.15) is 0 Å². The van der Waals surface area contributed by atoms with Gasteiger partial charge in [-0.1, -0.05) is 12.7 Å². The Morgan fingerprint density at radius 2 is 1.70 bits per heavy atom. The summed E-state index contributed by atoms with van der Waals surface area (Å²) in [6.45, 7) is 8.48. The lowest BCUT2D eigenvalue weighted by atomic mass is 10.3. The van der Waals surface area contributed by atoms with Gasteiger partial charge in [0.2, 0.25) is 0 Å². The van der Waals surface area contributed by atoms with Crippen LogP contribution in [0.25, 0.3) is 0 Å². The van der Waals surface area contributed by atoms with Gasteiger partial charge in [0.25, 0.3) is 0 Å². The number of rotatable bonds is 1. The first-order valence-corrected chi connectivity index (χ1v) is 3.05. The summed E-state index contributed by atoms with van der Waals surface area (Å²) in [5.74, 6) is 0.0648. The van der Waals surface area contributed by atoms with E-state index in [4.69, 9.17) is 5.73 Å². The van der Waals surface area contributed by atoms with Gasteiger partial charge in [-0.05, 0) is 32.5 Å². The fraction of sp³-hybridized carbons (Fsp3) is 0.375. The van der Waals surface area contributed by atoms with Crippen LogP contribution in [0.4, 0.5) is 0 Å². The van der Waals surface area contributed by atoms with E-state index in [0.29, 0.717) is 5.57 Å². The van der Waals surface area contributed by atoms with Crippen molar-refractivity contribution in [3.63, 3.8) is 0 Å². The number of carbonyl (C=O) groups excluding carboxylic acids is 1. The Balaban J connectivity index is 0. The van der Waals surface area contributed by atoms with Crippen LogP contribution in [0.3, 0.4) is 0 Å². The molecule has 0 saturated carbocycles. The summed E-state index contributed by atoms with van der Waals surface area (Å²) in [6, 6.07) is 0. The average Bonchev–Trinajstić information content (AvgIpc) is 1.89. The van der Waals surface area contributed by atoms with Crippen LogP contribution in [0.2, 0.25) is 0 Å². The predicted molar refractivity (Wildman–Crippen MR) is 44.5 cm³/mol. The van der Waals surface area contributed by atoms with Gasteiger partial charge < -0.3 is 5.73 Å². The first-order valence-electron chi connectivity index (χ1n) is 3.05. The summed E-state index contributed by atoms with van der Waals surface area (Å²) in [5, 5.41) is 0. The Kier molecular flexibility index (Phi) is 9.31. The molecule has 0 aliphatic heterocycles. The van der Waals surface area contributed by atoms with E-state index in [-0.39, 0.29) is 5.78 Å². The van der Waals surface area contributed by atoms with Crippen molar-refractivity contribution < 1.29 is 4.79 Å². The van der Waals surface area contributed by atoms with Gasteiger partial charge in [0.05, 0.1) is 0 Å². The van der Waals surface area contributed by atoms with Gasteiger partial charge in [-0.25, -0.2) is 0 Å². The lowest BCUT2D eigenvalue weighted by Gasteiger charge is -1.80. The zero-order chi connectivity index (χ0) is 8.57. The highest BCUT2D eigenvalue weighted by atomic mass is 16.1. The van der Waals surface area contributed by atoms with Crippen LogP contribution in [0.5, 0.6) is 0 Å². The number of carbonyl (C=O) groups is 1. The van der Waals surface area contributed by atoms with E-state index in [1.54, 1.807) is 13.0 Å². The van der Waals surface area contributed by atoms with Gasteiger partial charge in [-0.2, -0.15) is 0 Å². The summed E-state index contributed by atoms with van der Waals surface area (Å²) in [6.07, 6.45) is 3.28. The molecule has 0 radical (unpaired) electrons. The molecule has 0 saturated heterocycles. The number of nitrogens with two attached hydrogens (primary N) is 1. The fourth-order valence-electron chi connectivity index (χ4n) is 0. The Morgan fingerprint density at radius 1 is 1.50 bits per heavy atom. The van der Waals surface area contributed by atoms with Crippen molar-refractivity contribution in [3.8, 4) is 0 Å². The molecule has 0 aromatic carbocycles. The summed E-state index contributed by atoms with van der Waals surface area (Å²) in [5.41, 5.74) is 5.47. The second-order valence-corrected chi connectivity index (χ2v) is 1.86. The summed E-state index contributed by atoms with van der Waals surface area (Å²) >= 11 is 0. The smallest absolute Gasteiger partial charge is 0.154 e. The molecule has 0 rings (SSSR count). The molecule has 2 N–H and O–H groups in total. The lowest BCUT2D eigenvalue weighted by Crippen LogP contribution is -1.86. The van der Waals surface area contributed by atoms with E-state index in [1.807, 2.05) is 6.92 Å². The molecule has 2 heteroatoms. The molecule has 0 aliphatic rings. The maximum atomic E-state index is 10.0. The van der Waals surface area contributed by atoms with Crippen molar-refractivity contribution in [2.24, 2.45) is 5.73 Å². The van der Waals surface area contributed by atoms with Crippen LogP contribution in [0.1, 0.15) is 20.8 Å². The highest BCUT2D eigenvalue weighted by Gasteiger charge is 1.85. The number of ketones is 1. The van der Waals surface area contributed by atoms with E-state index >= 15 is 0 Å². The molecule has 0 amide bonds. The SMILES string of the molecule is C/C=C\N.C=C(C)C(C)=O. The number of hydrogen-bond acceptors (Lipinski definition) is 2. The largest absolute Gasteiger partial charge is 0.405 e. The third kappa shape index (κ3) is 15.8. The third-order valence-electron chi connectivity index (χ3n) is 0.793. The van der Waals surface area contributed by atoms with Crippen molar-refractivity contribution in [1.82, 2.24) is 0 Å². The molecule has 0 unspecified atom stereocenters. The number of Topliss-reactive ketones (excluding diaryl/α,β-unsaturated/α-hetero) is 1. The zero-order valence-electron chi connectivity index (χ0n) is 6.85. The normalized spacial score (nSPS) is 8.30. The van der Waals surface area contributed by atoms with Crippen molar-refractivity contribution in [2.75, 3.05) is 0 Å². The Morgan fingerprint density at radius 3 is 1.70 bits per heavy atom. The topological polar surface area (TPSA) is 43.1 Å². The Labute approximate surface area is 62.4 Å². The second kappa shape index (κ2) is 7.95. The average molecular weight is 141 g/mol. The molecule has 2 nitrogen and oxygen atoms in total. The van der Waals surface area contributed by atoms with Gasteiger partial charge in [-0.15, -0.1) is 0 Å². The molecule has 0 spiro atoms. The van der Waals surface area contributed by atoms with Gasteiger partial charge in [-0.3, -0.25) is 4.79 Å². The Hall–Kier alpha value is -1.05. The molecule has 0 aromatic heterocycles. The number of hydrogen-bond donors (Lipinski definition) is 1. The van der Waals surface area contributed by atoms with Gasteiger partial charge in [0.15, 0.2) is 5.78 Å². The van der Waals surface area contributed by atoms with Crippen LogP contribution < -0.4 is 5.73 Å². The third-order valence-corrected chi connectivity index (χ3v) is 0.793. The van der Waals surface area contributed by atoms with Crippen LogP contribution in [-0.4, -0.2) is 5.78 Å². The quantitative estimate of drug-likeness (QED) is 0.564. The van der Waals surface area contributed by atoms with Crippen molar-refractivity contribution in [1.29, 1.82) is 0 Å². The molecule has 10 heavy (non-hydrogen) atoms. The summed E-state index contributed by atoms with van der Waals surface area (Å²) < 4.78 is 0. The minimum Gasteiger partial charge on any atom is -0.405 e. The second-order valence-electron chi connectivity index (χ2n) is 1.86. The molecular weight excluding hydrogens is 126 g/mol. The van der Waals surface area contributed by atoms with Crippen LogP contribution in [-0.2, 0) is 4.79 Å². The van der Waals surface area contributed by atoms with Gasteiger partial charge >= 0.3 is 0 Å². The van der Waals surface area contributed by atoms with Crippen molar-refractivity contribution in [2.45, 2.75) is 20.8 Å². The summed E-state index contributed by atoms with van der Waals surface area (Å²) in [4.78, 5) is 10.0. The van der Waals surface area contributed by atoms with Crippen molar-refractivity contribution >= 4 is 5.78 Å². The zero-order valence-corrected chi connectivity index (χ0v) is 6.85. The highest BCUT2D eigenvalue weighted by Crippen LogP contribution is 1.84. The minimum atomic E-state index is 0.0648. The standard InChI is InChI=1S/C5H8O.C3H7N/c1-4(2)5(3)6;1-2-3-4/h1H2,2-3H3;2-3H,4H2,1H3/b;3-2-.